The molecule has 0 fully saturated rings. The van der Waals surface area contributed by atoms with E-state index in [9.17, 15) is 19.2 Å². The summed E-state index contributed by atoms with van der Waals surface area (Å²) in [7, 11) is 0. The van der Waals surface area contributed by atoms with Gasteiger partial charge >= 0.3 is 17.9 Å². The molecule has 8 heteroatoms. The SMILES string of the molecule is CC(=O)N(CC(=O)O)c1cccc(C(=O)O)c1C(=O)O. The molecule has 0 aliphatic rings. The van der Waals surface area contributed by atoms with Crippen LogP contribution in [-0.4, -0.2) is 45.7 Å². The Morgan fingerprint density at radius 3 is 2.05 bits per heavy atom. The van der Waals surface area contributed by atoms with Crippen molar-refractivity contribution in [1.29, 1.82) is 0 Å². The summed E-state index contributed by atoms with van der Waals surface area (Å²) in [5.74, 6) is -5.10. The number of aliphatic carboxylic acids is 1. The van der Waals surface area contributed by atoms with Crippen LogP contribution >= 0.6 is 0 Å². The van der Waals surface area contributed by atoms with Gasteiger partial charge in [-0.05, 0) is 12.1 Å². The minimum Gasteiger partial charge on any atom is -0.480 e. The van der Waals surface area contributed by atoms with Crippen molar-refractivity contribution in [3.05, 3.63) is 29.3 Å². The second-order valence-corrected chi connectivity index (χ2v) is 3.81. The highest BCUT2D eigenvalue weighted by Gasteiger charge is 2.26. The Labute approximate surface area is 112 Å². The van der Waals surface area contributed by atoms with Gasteiger partial charge in [0.2, 0.25) is 5.91 Å². The molecule has 0 spiro atoms. The van der Waals surface area contributed by atoms with Gasteiger partial charge in [0.25, 0.3) is 0 Å². The van der Waals surface area contributed by atoms with E-state index in [0.717, 1.165) is 13.0 Å². The number of rotatable bonds is 5. The van der Waals surface area contributed by atoms with E-state index in [1.54, 1.807) is 0 Å². The number of anilines is 1. The Morgan fingerprint density at radius 2 is 1.65 bits per heavy atom. The first-order valence-electron chi connectivity index (χ1n) is 5.35. The van der Waals surface area contributed by atoms with Gasteiger partial charge < -0.3 is 20.2 Å². The zero-order valence-electron chi connectivity index (χ0n) is 10.4. The molecule has 0 saturated carbocycles. The number of carbonyl (C=O) groups is 4. The quantitative estimate of drug-likeness (QED) is 0.716. The maximum absolute atomic E-state index is 11.5. The monoisotopic (exact) mass is 281 g/mol. The Balaban J connectivity index is 3.52. The molecule has 20 heavy (non-hydrogen) atoms. The van der Waals surface area contributed by atoms with Gasteiger partial charge in [-0.3, -0.25) is 9.59 Å². The molecular formula is C12H11NO7. The summed E-state index contributed by atoms with van der Waals surface area (Å²) in [4.78, 5) is 45.1. The van der Waals surface area contributed by atoms with Crippen LogP contribution < -0.4 is 4.90 Å². The van der Waals surface area contributed by atoms with Crippen LogP contribution in [0.2, 0.25) is 0 Å². The predicted molar refractivity (Wildman–Crippen MR) is 66.0 cm³/mol. The maximum Gasteiger partial charge on any atom is 0.338 e. The van der Waals surface area contributed by atoms with E-state index in [1.165, 1.54) is 12.1 Å². The van der Waals surface area contributed by atoms with Gasteiger partial charge in [0.1, 0.15) is 6.54 Å². The van der Waals surface area contributed by atoms with E-state index >= 15 is 0 Å². The molecule has 0 heterocycles. The third-order valence-electron chi connectivity index (χ3n) is 2.45. The summed E-state index contributed by atoms with van der Waals surface area (Å²) in [5.41, 5.74) is -1.42. The molecule has 1 rings (SSSR count). The number of carbonyl (C=O) groups excluding carboxylic acids is 1. The number of hydrogen-bond donors (Lipinski definition) is 3. The number of carboxylic acids is 3. The molecular weight excluding hydrogens is 270 g/mol. The second kappa shape index (κ2) is 5.83. The van der Waals surface area contributed by atoms with E-state index in [0.29, 0.717) is 4.90 Å². The maximum atomic E-state index is 11.5. The van der Waals surface area contributed by atoms with E-state index in [2.05, 4.69) is 0 Å². The summed E-state index contributed by atoms with van der Waals surface area (Å²) in [6, 6.07) is 3.48. The van der Waals surface area contributed by atoms with Crippen molar-refractivity contribution in [3.63, 3.8) is 0 Å². The first-order valence-corrected chi connectivity index (χ1v) is 5.35. The lowest BCUT2D eigenvalue weighted by atomic mass is 10.0. The predicted octanol–water partition coefficient (Wildman–Crippen LogP) is 0.520. The van der Waals surface area contributed by atoms with Crippen LogP contribution in [-0.2, 0) is 9.59 Å². The standard InChI is InChI=1S/C12H11NO7/c1-6(14)13(5-9(15)16)8-4-2-3-7(11(17)18)10(8)12(19)20/h2-4H,5H2,1H3,(H,15,16)(H,17,18)(H,19,20). The molecule has 0 saturated heterocycles. The first-order chi connectivity index (χ1) is 9.25. The van der Waals surface area contributed by atoms with E-state index in [-0.39, 0.29) is 5.69 Å². The zero-order chi connectivity index (χ0) is 15.4. The largest absolute Gasteiger partial charge is 0.480 e. The fraction of sp³-hybridized carbons (Fsp3) is 0.167. The van der Waals surface area contributed by atoms with Crippen LogP contribution in [0.25, 0.3) is 0 Å². The van der Waals surface area contributed by atoms with Crippen molar-refractivity contribution in [2.24, 2.45) is 0 Å². The second-order valence-electron chi connectivity index (χ2n) is 3.81. The van der Waals surface area contributed by atoms with Crippen molar-refractivity contribution >= 4 is 29.5 Å². The molecule has 1 aromatic carbocycles. The van der Waals surface area contributed by atoms with Crippen molar-refractivity contribution in [2.75, 3.05) is 11.4 Å². The van der Waals surface area contributed by atoms with Crippen molar-refractivity contribution in [3.8, 4) is 0 Å². The Bertz CT molecular complexity index is 593. The summed E-state index contributed by atoms with van der Waals surface area (Å²) in [5, 5.41) is 26.8. The van der Waals surface area contributed by atoms with E-state index in [4.69, 9.17) is 15.3 Å². The molecule has 0 atom stereocenters. The molecule has 1 amide bonds. The average Bonchev–Trinajstić information content (AvgIpc) is 2.34. The van der Waals surface area contributed by atoms with E-state index in [1.807, 2.05) is 0 Å². The van der Waals surface area contributed by atoms with Crippen LogP contribution in [0, 0.1) is 0 Å². The average molecular weight is 281 g/mol. The molecule has 0 aliphatic carbocycles. The lowest BCUT2D eigenvalue weighted by Crippen LogP contribution is -2.35. The van der Waals surface area contributed by atoms with Crippen LogP contribution in [0.5, 0.6) is 0 Å². The normalized spacial score (nSPS) is 9.85. The van der Waals surface area contributed by atoms with Crippen LogP contribution in [0.15, 0.2) is 18.2 Å². The van der Waals surface area contributed by atoms with Gasteiger partial charge in [-0.25, -0.2) is 9.59 Å². The fourth-order valence-corrected chi connectivity index (χ4v) is 1.67. The summed E-state index contributed by atoms with van der Waals surface area (Å²) in [6.07, 6.45) is 0. The van der Waals surface area contributed by atoms with Crippen molar-refractivity contribution in [2.45, 2.75) is 6.92 Å². The van der Waals surface area contributed by atoms with Gasteiger partial charge in [-0.2, -0.15) is 0 Å². The van der Waals surface area contributed by atoms with Gasteiger partial charge in [-0.15, -0.1) is 0 Å². The van der Waals surface area contributed by atoms with Crippen LogP contribution in [0.3, 0.4) is 0 Å². The number of amides is 1. The molecule has 0 radical (unpaired) electrons. The number of aromatic carboxylic acids is 2. The molecule has 106 valence electrons. The molecule has 0 aromatic heterocycles. The van der Waals surface area contributed by atoms with Crippen LogP contribution in [0.4, 0.5) is 5.69 Å². The summed E-state index contributed by atoms with van der Waals surface area (Å²) in [6.45, 7) is 0.292. The molecule has 3 N–H and O–H groups in total. The molecule has 8 nitrogen and oxygen atoms in total. The number of carboxylic acid groups (broad SMARTS) is 3. The fourth-order valence-electron chi connectivity index (χ4n) is 1.67. The summed E-state index contributed by atoms with van der Waals surface area (Å²) < 4.78 is 0. The van der Waals surface area contributed by atoms with Crippen molar-refractivity contribution < 1.29 is 34.5 Å². The van der Waals surface area contributed by atoms with Gasteiger partial charge in [0.05, 0.1) is 16.8 Å². The van der Waals surface area contributed by atoms with Gasteiger partial charge in [-0.1, -0.05) is 6.07 Å². The summed E-state index contributed by atoms with van der Waals surface area (Å²) >= 11 is 0. The van der Waals surface area contributed by atoms with Crippen LogP contribution in [0.1, 0.15) is 27.6 Å². The minimum atomic E-state index is -1.56. The van der Waals surface area contributed by atoms with Gasteiger partial charge in [0, 0.05) is 6.92 Å². The lowest BCUT2D eigenvalue weighted by molar-refractivity contribution is -0.136. The van der Waals surface area contributed by atoms with E-state index < -0.39 is 41.5 Å². The number of hydrogen-bond acceptors (Lipinski definition) is 4. The number of benzene rings is 1. The Morgan fingerprint density at radius 1 is 1.05 bits per heavy atom. The van der Waals surface area contributed by atoms with Crippen molar-refractivity contribution in [1.82, 2.24) is 0 Å². The Kier molecular flexibility index (Phi) is 4.42. The molecule has 0 aliphatic heterocycles. The molecule has 1 aromatic rings. The zero-order valence-corrected chi connectivity index (χ0v) is 10.4. The highest BCUT2D eigenvalue weighted by molar-refractivity contribution is 6.09. The minimum absolute atomic E-state index is 0.271. The smallest absolute Gasteiger partial charge is 0.338 e. The van der Waals surface area contributed by atoms with Gasteiger partial charge in [0.15, 0.2) is 0 Å². The number of nitrogens with zero attached hydrogens (tertiary/aromatic N) is 1. The highest BCUT2D eigenvalue weighted by atomic mass is 16.4. The third-order valence-corrected chi connectivity index (χ3v) is 2.45. The Hall–Kier alpha value is -2.90. The molecule has 0 bridgehead atoms. The third kappa shape index (κ3) is 3.10. The first kappa shape index (κ1) is 15.2. The lowest BCUT2D eigenvalue weighted by Gasteiger charge is -2.21. The highest BCUT2D eigenvalue weighted by Crippen LogP contribution is 2.24. The topological polar surface area (TPSA) is 132 Å². The molecule has 0 unspecified atom stereocenters.